The van der Waals surface area contributed by atoms with Crippen molar-refractivity contribution in [3.63, 3.8) is 0 Å². The zero-order valence-electron chi connectivity index (χ0n) is 19.5. The van der Waals surface area contributed by atoms with Gasteiger partial charge < -0.3 is 4.43 Å². The Hall–Kier alpha value is -2.61. The minimum absolute atomic E-state index is 0.0960. The highest BCUT2D eigenvalue weighted by molar-refractivity contribution is 7.91. The lowest BCUT2D eigenvalue weighted by molar-refractivity contribution is 0.247. The molecule has 1 atom stereocenters. The molecular formula is C26H32N2O3SSi. The Kier molecular flexibility index (Phi) is 7.99. The van der Waals surface area contributed by atoms with Gasteiger partial charge in [-0.1, -0.05) is 87.5 Å². The second kappa shape index (κ2) is 10.5. The summed E-state index contributed by atoms with van der Waals surface area (Å²) in [7, 11) is -6.40. The molecule has 0 bridgehead atoms. The van der Waals surface area contributed by atoms with Crippen molar-refractivity contribution in [2.24, 2.45) is 5.92 Å². The van der Waals surface area contributed by atoms with E-state index in [-0.39, 0.29) is 21.9 Å². The van der Waals surface area contributed by atoms with Gasteiger partial charge in [-0.2, -0.15) is 0 Å². The summed E-state index contributed by atoms with van der Waals surface area (Å²) in [5.74, 6) is -0.362. The van der Waals surface area contributed by atoms with Crippen LogP contribution in [0, 0.1) is 5.92 Å². The van der Waals surface area contributed by atoms with Gasteiger partial charge in [-0.05, 0) is 33.8 Å². The monoisotopic (exact) mass is 480 g/mol. The van der Waals surface area contributed by atoms with Crippen molar-refractivity contribution >= 4 is 28.5 Å². The smallest absolute Gasteiger partial charge is 0.261 e. The molecule has 0 amide bonds. The molecule has 0 radical (unpaired) electrons. The standard InChI is InChI=1S/C26H32N2O3SSi/c1-5-13-22(21-32(29,30)25-27-18-12-19-28-25)20-31-33(26(2,3)4,23-14-8-6-9-15-23)24-16-10-7-11-17-24/h5-12,14-19,22H,1,13,20-21H2,2-4H3. The SMILES string of the molecule is C=CCC(CO[Si](c1ccccc1)(c1ccccc1)C(C)(C)C)CS(=O)(=O)c1ncccn1. The van der Waals surface area contributed by atoms with Crippen LogP contribution in [0.1, 0.15) is 27.2 Å². The lowest BCUT2D eigenvalue weighted by Gasteiger charge is -2.43. The van der Waals surface area contributed by atoms with E-state index < -0.39 is 18.2 Å². The molecule has 0 aliphatic carbocycles. The molecule has 33 heavy (non-hydrogen) atoms. The molecule has 0 spiro atoms. The molecule has 3 aromatic rings. The maximum atomic E-state index is 13.0. The fourth-order valence-corrected chi connectivity index (χ4v) is 10.3. The number of allylic oxidation sites excluding steroid dienone is 1. The predicted octanol–water partition coefficient (Wildman–Crippen LogP) is 4.02. The van der Waals surface area contributed by atoms with Crippen LogP contribution >= 0.6 is 0 Å². The third kappa shape index (κ3) is 5.66. The molecule has 2 aromatic carbocycles. The molecular weight excluding hydrogens is 448 g/mol. The molecule has 1 heterocycles. The van der Waals surface area contributed by atoms with Crippen LogP contribution in [-0.2, 0) is 14.3 Å². The number of aromatic nitrogens is 2. The first-order valence-corrected chi connectivity index (χ1v) is 14.6. The average Bonchev–Trinajstić information content (AvgIpc) is 2.80. The van der Waals surface area contributed by atoms with Crippen molar-refractivity contribution in [3.8, 4) is 0 Å². The quantitative estimate of drug-likeness (QED) is 0.249. The van der Waals surface area contributed by atoms with Gasteiger partial charge in [-0.3, -0.25) is 0 Å². The van der Waals surface area contributed by atoms with Gasteiger partial charge in [0.05, 0.1) is 5.75 Å². The van der Waals surface area contributed by atoms with E-state index in [1.54, 1.807) is 12.1 Å². The zero-order valence-corrected chi connectivity index (χ0v) is 21.3. The largest absolute Gasteiger partial charge is 0.407 e. The third-order valence-electron chi connectivity index (χ3n) is 5.73. The van der Waals surface area contributed by atoms with Crippen LogP contribution in [0.2, 0.25) is 5.04 Å². The summed E-state index contributed by atoms with van der Waals surface area (Å²) in [5, 5.41) is 1.99. The van der Waals surface area contributed by atoms with Crippen LogP contribution in [0.15, 0.2) is 96.9 Å². The van der Waals surface area contributed by atoms with Crippen LogP contribution < -0.4 is 10.4 Å². The van der Waals surface area contributed by atoms with Crippen molar-refractivity contribution in [3.05, 3.63) is 91.8 Å². The van der Waals surface area contributed by atoms with Gasteiger partial charge in [0.2, 0.25) is 15.0 Å². The Labute approximate surface area is 198 Å². The molecule has 0 fully saturated rings. The molecule has 1 unspecified atom stereocenters. The average molecular weight is 481 g/mol. The fraction of sp³-hybridized carbons (Fsp3) is 0.308. The normalized spacial score (nSPS) is 13.4. The Morgan fingerprint density at radius 3 is 1.91 bits per heavy atom. The van der Waals surface area contributed by atoms with Gasteiger partial charge >= 0.3 is 0 Å². The van der Waals surface area contributed by atoms with Gasteiger partial charge in [0.25, 0.3) is 8.32 Å². The summed E-state index contributed by atoms with van der Waals surface area (Å²) in [6.07, 6.45) is 5.16. The van der Waals surface area contributed by atoms with Crippen LogP contribution in [0.5, 0.6) is 0 Å². The number of benzene rings is 2. The predicted molar refractivity (Wildman–Crippen MR) is 136 cm³/mol. The molecule has 5 nitrogen and oxygen atoms in total. The first-order chi connectivity index (χ1) is 15.7. The van der Waals surface area contributed by atoms with Crippen molar-refractivity contribution in [2.45, 2.75) is 37.4 Å². The van der Waals surface area contributed by atoms with Gasteiger partial charge in [0.15, 0.2) is 0 Å². The molecule has 1 aromatic heterocycles. The van der Waals surface area contributed by atoms with Crippen molar-refractivity contribution in [1.82, 2.24) is 9.97 Å². The molecule has 3 rings (SSSR count). The minimum atomic E-state index is -3.65. The second-order valence-corrected chi connectivity index (χ2v) is 15.4. The lowest BCUT2D eigenvalue weighted by atomic mass is 10.1. The summed E-state index contributed by atoms with van der Waals surface area (Å²) in [4.78, 5) is 7.90. The number of sulfone groups is 1. The summed E-state index contributed by atoms with van der Waals surface area (Å²) in [6.45, 7) is 10.8. The van der Waals surface area contributed by atoms with E-state index >= 15 is 0 Å². The summed E-state index contributed by atoms with van der Waals surface area (Å²) >= 11 is 0. The Morgan fingerprint density at radius 2 is 1.45 bits per heavy atom. The number of hydrogen-bond acceptors (Lipinski definition) is 5. The van der Waals surface area contributed by atoms with E-state index in [9.17, 15) is 8.42 Å². The van der Waals surface area contributed by atoms with E-state index in [2.05, 4.69) is 61.6 Å². The summed E-state index contributed by atoms with van der Waals surface area (Å²) < 4.78 is 32.9. The molecule has 7 heteroatoms. The second-order valence-electron chi connectivity index (χ2n) is 9.18. The number of nitrogens with zero attached hydrogens (tertiary/aromatic N) is 2. The fourth-order valence-electron chi connectivity index (χ4n) is 4.26. The third-order valence-corrected chi connectivity index (χ3v) is 12.4. The molecule has 0 aliphatic rings. The van der Waals surface area contributed by atoms with E-state index in [1.807, 2.05) is 36.4 Å². The van der Waals surface area contributed by atoms with Crippen LogP contribution in [0.25, 0.3) is 0 Å². The minimum Gasteiger partial charge on any atom is -0.407 e. The van der Waals surface area contributed by atoms with Crippen LogP contribution in [0.3, 0.4) is 0 Å². The summed E-state index contributed by atoms with van der Waals surface area (Å²) in [5.41, 5.74) is 0. The maximum absolute atomic E-state index is 13.0. The van der Waals surface area contributed by atoms with Gasteiger partial charge in [-0.15, -0.1) is 6.58 Å². The Balaban J connectivity index is 1.99. The van der Waals surface area contributed by atoms with Gasteiger partial charge in [0, 0.05) is 19.0 Å². The number of rotatable bonds is 10. The highest BCUT2D eigenvalue weighted by atomic mass is 32.2. The van der Waals surface area contributed by atoms with E-state index in [0.29, 0.717) is 13.0 Å². The molecule has 174 valence electrons. The summed E-state index contributed by atoms with van der Waals surface area (Å²) in [6, 6.07) is 22.3. The Morgan fingerprint density at radius 1 is 0.939 bits per heavy atom. The topological polar surface area (TPSA) is 69.2 Å². The van der Waals surface area contributed by atoms with Crippen LogP contribution in [0.4, 0.5) is 0 Å². The maximum Gasteiger partial charge on any atom is 0.261 e. The van der Waals surface area contributed by atoms with Gasteiger partial charge in [-0.25, -0.2) is 18.4 Å². The highest BCUT2D eigenvalue weighted by Crippen LogP contribution is 2.37. The zero-order chi connectivity index (χ0) is 24.0. The first-order valence-electron chi connectivity index (χ1n) is 11.1. The highest BCUT2D eigenvalue weighted by Gasteiger charge is 2.50. The molecule has 0 saturated heterocycles. The first kappa shape index (κ1) is 25.0. The van der Waals surface area contributed by atoms with Crippen molar-refractivity contribution < 1.29 is 12.8 Å². The number of hydrogen-bond donors (Lipinski definition) is 0. The molecule has 0 N–H and O–H groups in total. The van der Waals surface area contributed by atoms with Gasteiger partial charge in [0.1, 0.15) is 0 Å². The van der Waals surface area contributed by atoms with Crippen molar-refractivity contribution in [2.75, 3.05) is 12.4 Å². The van der Waals surface area contributed by atoms with E-state index in [4.69, 9.17) is 4.43 Å². The van der Waals surface area contributed by atoms with E-state index in [1.165, 1.54) is 12.4 Å². The van der Waals surface area contributed by atoms with Crippen molar-refractivity contribution in [1.29, 1.82) is 0 Å². The van der Waals surface area contributed by atoms with E-state index in [0.717, 1.165) is 10.4 Å². The molecule has 0 saturated carbocycles. The Bertz CT molecular complexity index is 1090. The lowest BCUT2D eigenvalue weighted by Crippen LogP contribution is -2.67. The molecule has 0 aliphatic heterocycles. The van der Waals surface area contributed by atoms with Crippen LogP contribution in [-0.4, -0.2) is 39.1 Å².